The van der Waals surface area contributed by atoms with Gasteiger partial charge in [-0.15, -0.1) is 0 Å². The second kappa shape index (κ2) is 35.0. The van der Waals surface area contributed by atoms with Crippen LogP contribution in [0.4, 0.5) is 0 Å². The Bertz CT molecular complexity index is 2690. The van der Waals surface area contributed by atoms with Gasteiger partial charge in [0.1, 0.15) is 13.2 Å². The average molecular weight is 1050 g/mol. The molecule has 0 saturated heterocycles. The smallest absolute Gasteiger partial charge is 0.219 e. The zero-order valence-electron chi connectivity index (χ0n) is 44.2. The van der Waals surface area contributed by atoms with Crippen molar-refractivity contribution in [1.82, 2.24) is 19.6 Å². The molecule has 0 aliphatic carbocycles. The third-order valence-corrected chi connectivity index (χ3v) is 12.5. The fourth-order valence-corrected chi connectivity index (χ4v) is 8.84. The van der Waals surface area contributed by atoms with Crippen LogP contribution in [-0.2, 0) is 46.2 Å². The van der Waals surface area contributed by atoms with E-state index >= 15 is 0 Å². The van der Waals surface area contributed by atoms with Gasteiger partial charge in [0, 0.05) is 24.9 Å². The Kier molecular flexibility index (Phi) is 26.5. The van der Waals surface area contributed by atoms with Gasteiger partial charge in [0.25, 0.3) is 0 Å². The van der Waals surface area contributed by atoms with Gasteiger partial charge < -0.3 is 52.8 Å². The second-order valence-corrected chi connectivity index (χ2v) is 17.8. The number of aliphatic hydroxyl groups is 2. The van der Waals surface area contributed by atoms with Crippen molar-refractivity contribution in [2.24, 2.45) is 0 Å². The molecule has 0 radical (unpaired) electrons. The Morgan fingerprint density at radius 2 is 0.571 bits per heavy atom. The standard InChI is InChI=1S/C32H40N2O6.C30H36N2O5/c35-17-18-36-19-20-37-21-22-38-23-24-39-25-26-40-32-30-13-7-8-14-31(30)33-34(32)16-15-29(27-9-3-1-4-10-27)28-11-5-2-6-12-28;33-17-18-34-19-20-35-21-22-36-23-24-37-30-28-13-7-8-14-29(28)31-32(30)16-15-27(25-9-3-1-4-10-25)26-11-5-2-6-12-26/h1-14,29,35H,15-26H2;1-14,27,33H,15-24H2. The average Bonchev–Trinajstić information content (AvgIpc) is 4.06. The molecule has 0 saturated carbocycles. The van der Waals surface area contributed by atoms with E-state index < -0.39 is 0 Å². The molecule has 0 atom stereocenters. The summed E-state index contributed by atoms with van der Waals surface area (Å²) in [5.74, 6) is 2.07. The highest BCUT2D eigenvalue weighted by Gasteiger charge is 2.20. The molecule has 2 heterocycles. The number of benzene rings is 6. The molecule has 2 aromatic heterocycles. The lowest BCUT2D eigenvalue weighted by molar-refractivity contribution is -0.00798. The fourth-order valence-electron chi connectivity index (χ4n) is 8.84. The monoisotopic (exact) mass is 1050 g/mol. The summed E-state index contributed by atoms with van der Waals surface area (Å²) in [4.78, 5) is 0. The first-order valence-electron chi connectivity index (χ1n) is 26.9. The molecule has 410 valence electrons. The van der Waals surface area contributed by atoms with Gasteiger partial charge >= 0.3 is 0 Å². The van der Waals surface area contributed by atoms with Crippen molar-refractivity contribution in [3.05, 3.63) is 192 Å². The van der Waals surface area contributed by atoms with Crippen molar-refractivity contribution < 1.29 is 52.8 Å². The summed E-state index contributed by atoms with van der Waals surface area (Å²) < 4.78 is 54.4. The second-order valence-electron chi connectivity index (χ2n) is 17.8. The minimum atomic E-state index is 0.0257. The van der Waals surface area contributed by atoms with Crippen LogP contribution in [0.1, 0.15) is 46.9 Å². The van der Waals surface area contributed by atoms with Crippen LogP contribution < -0.4 is 9.47 Å². The first-order valence-corrected chi connectivity index (χ1v) is 26.9. The SMILES string of the molecule is OCCOCCOCCOCCOCCOc1c2ccccc2nn1CCC(c1ccccc1)c1ccccc1.OCCOCCOCCOCCOc1c2ccccc2nn1CCC(c1ccccc1)c1ccccc1. The number of aryl methyl sites for hydroxylation is 2. The van der Waals surface area contributed by atoms with E-state index in [9.17, 15) is 0 Å². The van der Waals surface area contributed by atoms with E-state index in [-0.39, 0.29) is 25.0 Å². The summed E-state index contributed by atoms with van der Waals surface area (Å²) in [6.07, 6.45) is 1.79. The van der Waals surface area contributed by atoms with Crippen molar-refractivity contribution >= 4 is 21.8 Å². The van der Waals surface area contributed by atoms with Crippen LogP contribution >= 0.6 is 0 Å². The van der Waals surface area contributed by atoms with E-state index in [1.807, 2.05) is 51.8 Å². The maximum absolute atomic E-state index is 8.68. The third-order valence-electron chi connectivity index (χ3n) is 12.5. The van der Waals surface area contributed by atoms with E-state index in [0.717, 1.165) is 59.5 Å². The van der Waals surface area contributed by atoms with Crippen molar-refractivity contribution in [1.29, 1.82) is 0 Å². The van der Waals surface area contributed by atoms with E-state index in [4.69, 9.17) is 63.0 Å². The van der Waals surface area contributed by atoms with E-state index in [2.05, 4.69) is 127 Å². The summed E-state index contributed by atoms with van der Waals surface area (Å²) in [7, 11) is 0. The first kappa shape index (κ1) is 58.2. The number of nitrogens with zero attached hydrogens (tertiary/aromatic N) is 4. The van der Waals surface area contributed by atoms with Crippen LogP contribution in [0.5, 0.6) is 11.8 Å². The molecule has 0 aliphatic rings. The van der Waals surface area contributed by atoms with Crippen LogP contribution in [0.15, 0.2) is 170 Å². The van der Waals surface area contributed by atoms with E-state index in [1.54, 1.807) is 0 Å². The Morgan fingerprint density at radius 1 is 0.312 bits per heavy atom. The molecule has 0 aliphatic heterocycles. The maximum atomic E-state index is 8.68. The summed E-state index contributed by atoms with van der Waals surface area (Å²) in [6.45, 7) is 8.80. The maximum Gasteiger partial charge on any atom is 0.219 e. The highest BCUT2D eigenvalue weighted by atomic mass is 16.6. The number of aliphatic hydroxyl groups excluding tert-OH is 2. The van der Waals surface area contributed by atoms with Crippen molar-refractivity contribution in [3.8, 4) is 11.8 Å². The predicted molar refractivity (Wildman–Crippen MR) is 299 cm³/mol. The Morgan fingerprint density at radius 3 is 0.870 bits per heavy atom. The van der Waals surface area contributed by atoms with Crippen LogP contribution in [0.3, 0.4) is 0 Å². The molecule has 2 N–H and O–H groups in total. The minimum absolute atomic E-state index is 0.0257. The number of hydrogen-bond donors (Lipinski definition) is 2. The molecule has 0 spiro atoms. The molecule has 0 fully saturated rings. The molecular weight excluding hydrogens is 977 g/mol. The molecule has 77 heavy (non-hydrogen) atoms. The first-order chi connectivity index (χ1) is 38.2. The quantitative estimate of drug-likeness (QED) is 0.0355. The normalized spacial score (nSPS) is 11.4. The van der Waals surface area contributed by atoms with Gasteiger partial charge in [-0.05, 0) is 59.4 Å². The summed E-state index contributed by atoms with van der Waals surface area (Å²) in [5.41, 5.74) is 7.02. The molecule has 15 heteroatoms. The predicted octanol–water partition coefficient (Wildman–Crippen LogP) is 9.38. The van der Waals surface area contributed by atoms with Crippen molar-refractivity contribution in [2.75, 3.05) is 119 Å². The molecule has 0 unspecified atom stereocenters. The van der Waals surface area contributed by atoms with E-state index in [0.29, 0.717) is 106 Å². The molecule has 8 rings (SSSR count). The summed E-state index contributed by atoms with van der Waals surface area (Å²) >= 11 is 0. The zero-order chi connectivity index (χ0) is 53.2. The number of rotatable bonds is 37. The molecule has 15 nitrogen and oxygen atoms in total. The van der Waals surface area contributed by atoms with Crippen molar-refractivity contribution in [2.45, 2.75) is 37.8 Å². The molecule has 6 aromatic carbocycles. The Hall–Kier alpha value is -6.50. The fraction of sp³-hybridized carbons (Fsp3) is 0.387. The lowest BCUT2D eigenvalue weighted by Crippen LogP contribution is -2.15. The van der Waals surface area contributed by atoms with Crippen molar-refractivity contribution in [3.63, 3.8) is 0 Å². The topological polar surface area (TPSA) is 159 Å². The Balaban J connectivity index is 0.000000224. The van der Waals surface area contributed by atoms with E-state index in [1.165, 1.54) is 22.3 Å². The van der Waals surface area contributed by atoms with Gasteiger partial charge in [0.05, 0.1) is 128 Å². The minimum Gasteiger partial charge on any atom is -0.475 e. The zero-order valence-corrected chi connectivity index (χ0v) is 44.2. The third kappa shape index (κ3) is 19.8. The lowest BCUT2D eigenvalue weighted by atomic mass is 9.88. The number of aromatic nitrogens is 4. The largest absolute Gasteiger partial charge is 0.475 e. The van der Waals surface area contributed by atoms with Crippen LogP contribution in [0.25, 0.3) is 21.8 Å². The van der Waals surface area contributed by atoms with Crippen LogP contribution in [0.2, 0.25) is 0 Å². The number of fused-ring (bicyclic) bond motifs is 2. The summed E-state index contributed by atoms with van der Waals surface area (Å²) in [5, 5.41) is 29.0. The van der Waals surface area contributed by atoms with Gasteiger partial charge in [0.15, 0.2) is 0 Å². The molecule has 0 amide bonds. The summed E-state index contributed by atoms with van der Waals surface area (Å²) in [6, 6.07) is 58.7. The van der Waals surface area contributed by atoms with Gasteiger partial charge in [0.2, 0.25) is 11.8 Å². The van der Waals surface area contributed by atoms with Crippen LogP contribution in [0, 0.1) is 0 Å². The van der Waals surface area contributed by atoms with Gasteiger partial charge in [-0.25, -0.2) is 9.36 Å². The lowest BCUT2D eigenvalue weighted by Gasteiger charge is -2.19. The van der Waals surface area contributed by atoms with Gasteiger partial charge in [-0.1, -0.05) is 146 Å². The highest BCUT2D eigenvalue weighted by molar-refractivity contribution is 5.84. The molecule has 8 aromatic rings. The highest BCUT2D eigenvalue weighted by Crippen LogP contribution is 2.33. The van der Waals surface area contributed by atoms with Crippen LogP contribution in [-0.4, -0.2) is 149 Å². The van der Waals surface area contributed by atoms with Gasteiger partial charge in [-0.2, -0.15) is 10.2 Å². The number of ether oxygens (including phenoxy) is 9. The molecular formula is C62H76N4O11. The van der Waals surface area contributed by atoms with Gasteiger partial charge in [-0.3, -0.25) is 0 Å². The Labute approximate surface area is 453 Å². The molecule has 0 bridgehead atoms. The number of hydrogen-bond acceptors (Lipinski definition) is 13.